The molecule has 0 amide bonds. The molecule has 5 atom stereocenters. The average molecular weight is 259 g/mol. The van der Waals surface area contributed by atoms with Gasteiger partial charge in [0.1, 0.15) is 18.3 Å². The van der Waals surface area contributed by atoms with Crippen molar-refractivity contribution in [2.75, 3.05) is 0 Å². The largest absolute Gasteiger partial charge is 0.481 e. The molecule has 2 heterocycles. The summed E-state index contributed by atoms with van der Waals surface area (Å²) in [7, 11) is 0. The minimum absolute atomic E-state index is 0.791. The van der Waals surface area contributed by atoms with Gasteiger partial charge in [-0.05, 0) is 19.4 Å². The van der Waals surface area contributed by atoms with E-state index in [2.05, 4.69) is 10.0 Å². The van der Waals surface area contributed by atoms with Gasteiger partial charge in [0.25, 0.3) is 0 Å². The van der Waals surface area contributed by atoms with Crippen LogP contribution in [0.2, 0.25) is 0 Å². The Morgan fingerprint density at radius 3 is 2.67 bits per heavy atom. The SMILES string of the molecule is CC1(C)O[C@H]2O[C@H]([C@H](N=[N+]=[N-])C(=O)O)[C@H](O)[C@H]2O1. The second-order valence-corrected chi connectivity index (χ2v) is 4.55. The van der Waals surface area contributed by atoms with E-state index < -0.39 is 42.4 Å². The lowest BCUT2D eigenvalue weighted by Gasteiger charge is -2.24. The number of ether oxygens (including phenoxy) is 3. The summed E-state index contributed by atoms with van der Waals surface area (Å²) >= 11 is 0. The maximum atomic E-state index is 10.9. The Bertz CT molecular complexity index is 405. The van der Waals surface area contributed by atoms with E-state index in [1.807, 2.05) is 0 Å². The number of carboxylic acid groups (broad SMARTS) is 1. The van der Waals surface area contributed by atoms with Gasteiger partial charge < -0.3 is 24.4 Å². The molecule has 0 spiro atoms. The van der Waals surface area contributed by atoms with E-state index in [9.17, 15) is 9.90 Å². The van der Waals surface area contributed by atoms with Gasteiger partial charge in [0, 0.05) is 4.91 Å². The first kappa shape index (κ1) is 13.1. The van der Waals surface area contributed by atoms with Crippen LogP contribution in [0.5, 0.6) is 0 Å². The molecule has 0 saturated carbocycles. The topological polar surface area (TPSA) is 134 Å². The van der Waals surface area contributed by atoms with Gasteiger partial charge in [-0.2, -0.15) is 0 Å². The molecule has 2 aliphatic rings. The Labute approximate surface area is 102 Å². The summed E-state index contributed by atoms with van der Waals surface area (Å²) in [6.45, 7) is 3.30. The van der Waals surface area contributed by atoms with Crippen LogP contribution in [0.4, 0.5) is 0 Å². The number of hydrogen-bond acceptors (Lipinski definition) is 6. The average Bonchev–Trinajstić information content (AvgIpc) is 2.70. The van der Waals surface area contributed by atoms with Crippen molar-refractivity contribution >= 4 is 5.97 Å². The molecule has 18 heavy (non-hydrogen) atoms. The highest BCUT2D eigenvalue weighted by Crippen LogP contribution is 2.38. The van der Waals surface area contributed by atoms with Gasteiger partial charge in [-0.3, -0.25) is 4.79 Å². The minimum atomic E-state index is -1.52. The van der Waals surface area contributed by atoms with E-state index in [0.29, 0.717) is 0 Å². The van der Waals surface area contributed by atoms with E-state index >= 15 is 0 Å². The van der Waals surface area contributed by atoms with E-state index in [-0.39, 0.29) is 0 Å². The Kier molecular flexibility index (Phi) is 3.18. The summed E-state index contributed by atoms with van der Waals surface area (Å²) in [5.41, 5.74) is 8.31. The summed E-state index contributed by atoms with van der Waals surface area (Å²) in [6.07, 6.45) is -4.08. The third kappa shape index (κ3) is 2.14. The lowest BCUT2D eigenvalue weighted by atomic mass is 10.0. The molecule has 100 valence electrons. The van der Waals surface area contributed by atoms with E-state index in [1.165, 1.54) is 0 Å². The molecule has 0 aromatic carbocycles. The van der Waals surface area contributed by atoms with Gasteiger partial charge in [-0.25, -0.2) is 0 Å². The lowest BCUT2D eigenvalue weighted by molar-refractivity contribution is -0.217. The molecule has 0 radical (unpaired) electrons. The summed E-state index contributed by atoms with van der Waals surface area (Å²) in [5, 5.41) is 22.0. The number of rotatable bonds is 3. The van der Waals surface area contributed by atoms with Crippen molar-refractivity contribution in [3.63, 3.8) is 0 Å². The van der Waals surface area contributed by atoms with Crippen LogP contribution < -0.4 is 0 Å². The predicted octanol–water partition coefficient (Wildman–Crippen LogP) is -0.0128. The zero-order valence-electron chi connectivity index (χ0n) is 9.76. The minimum Gasteiger partial charge on any atom is -0.481 e. The van der Waals surface area contributed by atoms with Crippen molar-refractivity contribution in [2.45, 2.75) is 50.3 Å². The van der Waals surface area contributed by atoms with Gasteiger partial charge in [-0.1, -0.05) is 5.11 Å². The summed E-state index contributed by atoms with van der Waals surface area (Å²) < 4.78 is 16.0. The molecule has 2 aliphatic heterocycles. The van der Waals surface area contributed by atoms with Crippen LogP contribution in [0.1, 0.15) is 13.8 Å². The van der Waals surface area contributed by atoms with Crippen LogP contribution in [0, 0.1) is 0 Å². The van der Waals surface area contributed by atoms with Gasteiger partial charge in [0.05, 0.1) is 0 Å². The third-order valence-corrected chi connectivity index (χ3v) is 2.79. The Balaban J connectivity index is 2.16. The Morgan fingerprint density at radius 2 is 2.17 bits per heavy atom. The molecule has 0 aromatic heterocycles. The standard InChI is InChI=1S/C9H13N3O6/c1-9(2)17-6-4(13)5(16-8(6)18-9)3(7(14)15)11-12-10/h3-6,8,13H,1-2H3,(H,14,15)/t3-,4-,5+,6+,8+/m0/s1. The van der Waals surface area contributed by atoms with Crippen LogP contribution in [-0.2, 0) is 19.0 Å². The van der Waals surface area contributed by atoms with E-state index in [0.717, 1.165) is 0 Å². The monoisotopic (exact) mass is 259 g/mol. The van der Waals surface area contributed by atoms with Crippen molar-refractivity contribution in [3.05, 3.63) is 10.4 Å². The van der Waals surface area contributed by atoms with E-state index in [4.69, 9.17) is 24.8 Å². The van der Waals surface area contributed by atoms with Gasteiger partial charge in [-0.15, -0.1) is 0 Å². The second-order valence-electron chi connectivity index (χ2n) is 4.55. The van der Waals surface area contributed by atoms with Crippen LogP contribution in [0.3, 0.4) is 0 Å². The van der Waals surface area contributed by atoms with Crippen molar-refractivity contribution < 1.29 is 29.2 Å². The predicted molar refractivity (Wildman–Crippen MR) is 55.3 cm³/mol. The quantitative estimate of drug-likeness (QED) is 0.415. The number of hydrogen-bond donors (Lipinski definition) is 2. The second kappa shape index (κ2) is 4.38. The van der Waals surface area contributed by atoms with Crippen LogP contribution in [-0.4, -0.2) is 52.6 Å². The van der Waals surface area contributed by atoms with Gasteiger partial charge >= 0.3 is 5.97 Å². The molecular weight excluding hydrogens is 246 g/mol. The van der Waals surface area contributed by atoms with Crippen LogP contribution in [0.25, 0.3) is 10.4 Å². The molecule has 2 rings (SSSR count). The van der Waals surface area contributed by atoms with Crippen LogP contribution in [0.15, 0.2) is 5.11 Å². The number of carboxylic acids is 1. The highest BCUT2D eigenvalue weighted by Gasteiger charge is 2.57. The number of aliphatic hydroxyl groups excluding tert-OH is 1. The number of azide groups is 1. The fourth-order valence-electron chi connectivity index (χ4n) is 2.09. The molecular formula is C9H13N3O6. The Morgan fingerprint density at radius 1 is 1.50 bits per heavy atom. The van der Waals surface area contributed by atoms with Crippen molar-refractivity contribution in [3.8, 4) is 0 Å². The third-order valence-electron chi connectivity index (χ3n) is 2.79. The number of fused-ring (bicyclic) bond motifs is 1. The van der Waals surface area contributed by atoms with E-state index in [1.54, 1.807) is 13.8 Å². The lowest BCUT2D eigenvalue weighted by Crippen LogP contribution is -2.43. The molecule has 9 heteroatoms. The molecule has 2 saturated heterocycles. The fraction of sp³-hybridized carbons (Fsp3) is 0.889. The summed E-state index contributed by atoms with van der Waals surface area (Å²) in [4.78, 5) is 13.4. The fourth-order valence-corrected chi connectivity index (χ4v) is 2.09. The highest BCUT2D eigenvalue weighted by molar-refractivity contribution is 5.74. The smallest absolute Gasteiger partial charge is 0.315 e. The molecule has 2 N–H and O–H groups in total. The number of aliphatic carboxylic acids is 1. The number of aliphatic hydroxyl groups is 1. The number of carbonyl (C=O) groups is 1. The first-order chi connectivity index (χ1) is 8.35. The summed E-state index contributed by atoms with van der Waals surface area (Å²) in [5.74, 6) is -2.28. The zero-order valence-corrected chi connectivity index (χ0v) is 9.76. The van der Waals surface area contributed by atoms with Crippen LogP contribution >= 0.6 is 0 Å². The Hall–Kier alpha value is -1.38. The number of nitrogens with zero attached hydrogens (tertiary/aromatic N) is 3. The molecule has 0 aromatic rings. The van der Waals surface area contributed by atoms with Gasteiger partial charge in [0.15, 0.2) is 18.1 Å². The summed E-state index contributed by atoms with van der Waals surface area (Å²) in [6, 6.07) is -1.52. The molecule has 0 unspecified atom stereocenters. The molecule has 0 aliphatic carbocycles. The maximum absolute atomic E-state index is 10.9. The zero-order chi connectivity index (χ0) is 13.5. The maximum Gasteiger partial charge on any atom is 0.315 e. The molecule has 9 nitrogen and oxygen atoms in total. The highest BCUT2D eigenvalue weighted by atomic mass is 16.8. The van der Waals surface area contributed by atoms with Crippen molar-refractivity contribution in [1.29, 1.82) is 0 Å². The molecule has 0 bridgehead atoms. The first-order valence-electron chi connectivity index (χ1n) is 5.32. The van der Waals surface area contributed by atoms with Gasteiger partial charge in [0.2, 0.25) is 0 Å². The first-order valence-corrected chi connectivity index (χ1v) is 5.32. The molecule has 2 fully saturated rings. The van der Waals surface area contributed by atoms with Crippen molar-refractivity contribution in [1.82, 2.24) is 0 Å². The van der Waals surface area contributed by atoms with Crippen molar-refractivity contribution in [2.24, 2.45) is 5.11 Å². The normalized spacial score (nSPS) is 38.8.